The van der Waals surface area contributed by atoms with Crippen molar-refractivity contribution in [3.63, 3.8) is 0 Å². The lowest BCUT2D eigenvalue weighted by Gasteiger charge is -2.03. The van der Waals surface area contributed by atoms with E-state index in [1.807, 2.05) is 0 Å². The Morgan fingerprint density at radius 2 is 0.500 bits per heavy atom. The Morgan fingerprint density at radius 1 is 0.344 bits per heavy atom. The fourth-order valence-corrected chi connectivity index (χ4v) is 2.85. The Balaban J connectivity index is 0. The van der Waals surface area contributed by atoms with Gasteiger partial charge in [0.1, 0.15) is 0 Å². The summed E-state index contributed by atoms with van der Waals surface area (Å²) in [5.41, 5.74) is 8.28. The Morgan fingerprint density at radius 3 is 0.625 bits per heavy atom. The van der Waals surface area contributed by atoms with Crippen LogP contribution in [0.3, 0.4) is 0 Å². The summed E-state index contributed by atoms with van der Waals surface area (Å²) in [4.78, 5) is 0. The van der Waals surface area contributed by atoms with Crippen molar-refractivity contribution in [1.29, 1.82) is 0 Å². The third kappa shape index (κ3) is 12.9. The molecule has 0 N–H and O–H groups in total. The standard InChI is InChI=1S/3C10H14.2ClH/c3*1-8(2)10-6-4-9(3)5-7-10;;/h3*4-8H,1-3H3;2*1H. The lowest BCUT2D eigenvalue weighted by atomic mass is 10.0. The van der Waals surface area contributed by atoms with Gasteiger partial charge in [0.05, 0.1) is 0 Å². The Hall–Kier alpha value is -1.76. The normalized spacial score (nSPS) is 9.75. The van der Waals surface area contributed by atoms with Crippen molar-refractivity contribution >= 4 is 24.8 Å². The summed E-state index contributed by atoms with van der Waals surface area (Å²) in [5.74, 6) is 1.96. The highest BCUT2D eigenvalue weighted by Crippen LogP contribution is 2.15. The fourth-order valence-electron chi connectivity index (χ4n) is 2.85. The number of rotatable bonds is 3. The van der Waals surface area contributed by atoms with Gasteiger partial charge in [-0.2, -0.15) is 0 Å². The largest absolute Gasteiger partial charge is 0.147 e. The van der Waals surface area contributed by atoms with Crippen LogP contribution in [0, 0.1) is 20.8 Å². The second-order valence-electron chi connectivity index (χ2n) is 9.20. The minimum absolute atomic E-state index is 0. The lowest BCUT2D eigenvalue weighted by Crippen LogP contribution is -1.85. The van der Waals surface area contributed by atoms with E-state index >= 15 is 0 Å². The maximum Gasteiger partial charge on any atom is -0.0219 e. The minimum Gasteiger partial charge on any atom is -0.147 e. The average Bonchev–Trinajstić information content (AvgIpc) is 2.70. The molecule has 0 spiro atoms. The molecular weight excluding hydrogens is 431 g/mol. The first-order valence-corrected chi connectivity index (χ1v) is 11.3. The maximum absolute atomic E-state index is 2.21. The van der Waals surface area contributed by atoms with Crippen molar-refractivity contribution < 1.29 is 0 Å². The number of hydrogen-bond acceptors (Lipinski definition) is 0. The molecule has 0 aliphatic heterocycles. The molecule has 0 amide bonds. The van der Waals surface area contributed by atoms with Gasteiger partial charge >= 0.3 is 0 Å². The van der Waals surface area contributed by atoms with E-state index in [4.69, 9.17) is 0 Å². The van der Waals surface area contributed by atoms with Crippen LogP contribution in [0.2, 0.25) is 0 Å². The van der Waals surface area contributed by atoms with Crippen molar-refractivity contribution in [3.8, 4) is 0 Å². The third-order valence-electron chi connectivity index (χ3n) is 5.23. The van der Waals surface area contributed by atoms with Gasteiger partial charge in [-0.25, -0.2) is 0 Å². The Labute approximate surface area is 210 Å². The molecule has 3 aromatic carbocycles. The average molecular weight is 476 g/mol. The van der Waals surface area contributed by atoms with Crippen LogP contribution in [0.5, 0.6) is 0 Å². The van der Waals surface area contributed by atoms with E-state index in [0.717, 1.165) is 0 Å². The molecule has 3 aromatic rings. The first-order chi connectivity index (χ1) is 14.1. The van der Waals surface area contributed by atoms with E-state index in [0.29, 0.717) is 17.8 Å². The van der Waals surface area contributed by atoms with Crippen LogP contribution in [-0.2, 0) is 0 Å². The van der Waals surface area contributed by atoms with Gasteiger partial charge in [0.2, 0.25) is 0 Å². The number of benzene rings is 3. The molecule has 0 unspecified atom stereocenters. The topological polar surface area (TPSA) is 0 Å². The first kappa shape index (κ1) is 32.4. The van der Waals surface area contributed by atoms with Gasteiger partial charge in [-0.15, -0.1) is 24.8 Å². The van der Waals surface area contributed by atoms with Crippen LogP contribution in [-0.4, -0.2) is 0 Å². The van der Waals surface area contributed by atoms with Crippen LogP contribution in [0.1, 0.15) is 92.7 Å². The van der Waals surface area contributed by atoms with E-state index in [-0.39, 0.29) is 24.8 Å². The smallest absolute Gasteiger partial charge is 0.0219 e. The maximum atomic E-state index is 2.21. The molecule has 0 nitrogen and oxygen atoms in total. The molecule has 178 valence electrons. The molecule has 32 heavy (non-hydrogen) atoms. The van der Waals surface area contributed by atoms with Crippen LogP contribution in [0.25, 0.3) is 0 Å². The molecule has 0 radical (unpaired) electrons. The molecule has 0 aliphatic carbocycles. The van der Waals surface area contributed by atoms with E-state index in [9.17, 15) is 0 Å². The zero-order chi connectivity index (χ0) is 22.7. The van der Waals surface area contributed by atoms with Crippen LogP contribution >= 0.6 is 24.8 Å². The summed E-state index contributed by atoms with van der Waals surface area (Å²) in [7, 11) is 0. The van der Waals surface area contributed by atoms with E-state index in [1.54, 1.807) is 0 Å². The summed E-state index contributed by atoms with van der Waals surface area (Å²) >= 11 is 0. The second-order valence-corrected chi connectivity index (χ2v) is 9.20. The predicted octanol–water partition coefficient (Wildman–Crippen LogP) is 10.2. The number of hydrogen-bond donors (Lipinski definition) is 0. The van der Waals surface area contributed by atoms with Crippen LogP contribution < -0.4 is 0 Å². The third-order valence-corrected chi connectivity index (χ3v) is 5.23. The molecule has 0 aromatic heterocycles. The zero-order valence-corrected chi connectivity index (χ0v) is 23.1. The molecule has 0 aliphatic rings. The zero-order valence-electron chi connectivity index (χ0n) is 21.5. The molecular formula is C30H44Cl2. The van der Waals surface area contributed by atoms with Crippen molar-refractivity contribution in [2.45, 2.75) is 80.1 Å². The highest BCUT2D eigenvalue weighted by atomic mass is 35.5. The molecule has 2 heteroatoms. The summed E-state index contributed by atoms with van der Waals surface area (Å²) in [6, 6.07) is 26.1. The fraction of sp³-hybridized carbons (Fsp3) is 0.400. The van der Waals surface area contributed by atoms with Crippen LogP contribution in [0.4, 0.5) is 0 Å². The van der Waals surface area contributed by atoms with Gasteiger partial charge in [-0.3, -0.25) is 0 Å². The summed E-state index contributed by atoms with van der Waals surface area (Å²) < 4.78 is 0. The molecule has 0 bridgehead atoms. The molecule has 0 atom stereocenters. The Kier molecular flexibility index (Phi) is 17.0. The van der Waals surface area contributed by atoms with Gasteiger partial charge in [0.15, 0.2) is 0 Å². The van der Waals surface area contributed by atoms with Crippen molar-refractivity contribution in [2.75, 3.05) is 0 Å². The van der Waals surface area contributed by atoms with E-state index < -0.39 is 0 Å². The minimum atomic E-state index is 0. The number of aryl methyl sites for hydroxylation is 3. The van der Waals surface area contributed by atoms with Gasteiger partial charge in [0.25, 0.3) is 0 Å². The number of halogens is 2. The Bertz CT molecular complexity index is 710. The highest BCUT2D eigenvalue weighted by molar-refractivity contribution is 5.85. The van der Waals surface area contributed by atoms with Crippen molar-refractivity contribution in [2.24, 2.45) is 0 Å². The lowest BCUT2D eigenvalue weighted by molar-refractivity contribution is 0.866. The van der Waals surface area contributed by atoms with Gasteiger partial charge in [-0.05, 0) is 55.2 Å². The van der Waals surface area contributed by atoms with Crippen LogP contribution in [0.15, 0.2) is 72.8 Å². The van der Waals surface area contributed by atoms with Gasteiger partial charge in [0, 0.05) is 0 Å². The second kappa shape index (κ2) is 16.8. The van der Waals surface area contributed by atoms with Crippen molar-refractivity contribution in [3.05, 3.63) is 106 Å². The molecule has 0 saturated carbocycles. The monoisotopic (exact) mass is 474 g/mol. The van der Waals surface area contributed by atoms with Gasteiger partial charge in [-0.1, -0.05) is 131 Å². The predicted molar refractivity (Wildman–Crippen MR) is 150 cm³/mol. The SMILES string of the molecule is Cc1ccc(C(C)C)cc1.Cc1ccc(C(C)C)cc1.Cc1ccc(C(C)C)cc1.Cl.Cl. The molecule has 3 rings (SSSR count). The molecule has 0 heterocycles. The summed E-state index contributed by atoms with van der Waals surface area (Å²) in [6.45, 7) is 19.6. The van der Waals surface area contributed by atoms with E-state index in [2.05, 4.69) is 135 Å². The van der Waals surface area contributed by atoms with E-state index in [1.165, 1.54) is 33.4 Å². The van der Waals surface area contributed by atoms with Gasteiger partial charge < -0.3 is 0 Å². The summed E-state index contributed by atoms with van der Waals surface area (Å²) in [5, 5.41) is 0. The molecule has 0 fully saturated rings. The highest BCUT2D eigenvalue weighted by Gasteiger charge is 1.97. The first-order valence-electron chi connectivity index (χ1n) is 11.3. The molecule has 0 saturated heterocycles. The quantitative estimate of drug-likeness (QED) is 0.353. The van der Waals surface area contributed by atoms with Crippen molar-refractivity contribution in [1.82, 2.24) is 0 Å². The summed E-state index contributed by atoms with van der Waals surface area (Å²) in [6.07, 6.45) is 0.